The van der Waals surface area contributed by atoms with Crippen LogP contribution in [0.4, 0.5) is 0 Å². The van der Waals surface area contributed by atoms with Crippen LogP contribution in [0, 0.1) is 10.5 Å². The molecule has 0 amide bonds. The number of benzene rings is 1. The van der Waals surface area contributed by atoms with Crippen molar-refractivity contribution in [1.82, 2.24) is 9.55 Å². The van der Waals surface area contributed by atoms with E-state index in [1.54, 1.807) is 25.1 Å². The van der Waals surface area contributed by atoms with E-state index in [0.29, 0.717) is 14.8 Å². The van der Waals surface area contributed by atoms with Crippen molar-refractivity contribution in [2.24, 2.45) is 0 Å². The Kier molecular flexibility index (Phi) is 3.98. The van der Waals surface area contributed by atoms with E-state index in [2.05, 4.69) is 4.98 Å². The molecule has 6 heteroatoms. The highest BCUT2D eigenvalue weighted by Gasteiger charge is 2.11. The molecule has 98 valence electrons. The molecule has 1 aromatic carbocycles. The molecule has 1 N–H and O–H groups in total. The van der Waals surface area contributed by atoms with Crippen molar-refractivity contribution in [2.75, 3.05) is 0 Å². The molecule has 0 aliphatic carbocycles. The van der Waals surface area contributed by atoms with E-state index in [9.17, 15) is 9.59 Å². The third-order valence-corrected chi connectivity index (χ3v) is 3.99. The maximum absolute atomic E-state index is 12.0. The van der Waals surface area contributed by atoms with Gasteiger partial charge in [-0.15, -0.1) is 0 Å². The first-order chi connectivity index (χ1) is 9.00. The number of aromatic nitrogens is 2. The van der Waals surface area contributed by atoms with Crippen molar-refractivity contribution in [3.63, 3.8) is 0 Å². The number of hydrogen-bond donors (Lipinski definition) is 1. The number of carboxylic acids is 1. The number of carboxylic acid groups (broad SMARTS) is 1. The Balaban J connectivity index is 2.46. The maximum Gasteiger partial charge on any atom is 0.336 e. The number of aromatic carboxylic acids is 1. The summed E-state index contributed by atoms with van der Waals surface area (Å²) < 4.78 is 1.96. The van der Waals surface area contributed by atoms with Crippen LogP contribution in [0.3, 0.4) is 0 Å². The van der Waals surface area contributed by atoms with E-state index < -0.39 is 5.97 Å². The molecule has 5 nitrogen and oxygen atoms in total. The predicted molar refractivity (Wildman–Crippen MR) is 78.5 cm³/mol. The van der Waals surface area contributed by atoms with Crippen molar-refractivity contribution >= 4 is 28.6 Å². The summed E-state index contributed by atoms with van der Waals surface area (Å²) >= 11 is 1.95. The Hall–Kier alpha value is -1.70. The fourth-order valence-corrected chi connectivity index (χ4v) is 2.16. The molecule has 1 heterocycles. The Morgan fingerprint density at radius 2 is 2.11 bits per heavy atom. The van der Waals surface area contributed by atoms with Crippen LogP contribution in [0.1, 0.15) is 21.6 Å². The second kappa shape index (κ2) is 5.52. The van der Waals surface area contributed by atoms with Gasteiger partial charge in [-0.05, 0) is 41.1 Å². The molecule has 19 heavy (non-hydrogen) atoms. The lowest BCUT2D eigenvalue weighted by atomic mass is 10.1. The Bertz CT molecular complexity index is 695. The molecular formula is C13H11IN2O3. The summed E-state index contributed by atoms with van der Waals surface area (Å²) in [5.74, 6) is -1.00. The summed E-state index contributed by atoms with van der Waals surface area (Å²) in [6, 6.07) is 6.63. The van der Waals surface area contributed by atoms with Gasteiger partial charge in [-0.1, -0.05) is 18.2 Å². The number of hydrogen-bond acceptors (Lipinski definition) is 3. The lowest BCUT2D eigenvalue weighted by Gasteiger charge is -2.09. The molecule has 0 atom stereocenters. The van der Waals surface area contributed by atoms with E-state index in [0.717, 1.165) is 0 Å². The van der Waals surface area contributed by atoms with Gasteiger partial charge in [0, 0.05) is 0 Å². The zero-order valence-corrected chi connectivity index (χ0v) is 12.3. The lowest BCUT2D eigenvalue weighted by molar-refractivity contribution is 0.0695. The summed E-state index contributed by atoms with van der Waals surface area (Å²) in [5, 5.41) is 9.11. The quantitative estimate of drug-likeness (QED) is 0.838. The predicted octanol–water partition coefficient (Wildman–Crippen LogP) is 1.90. The van der Waals surface area contributed by atoms with Crippen LogP contribution in [0.15, 0.2) is 35.4 Å². The highest BCUT2D eigenvalue weighted by atomic mass is 127. The fraction of sp³-hybridized carbons (Fsp3) is 0.154. The number of carbonyl (C=O) groups is 1. The van der Waals surface area contributed by atoms with Crippen molar-refractivity contribution in [1.29, 1.82) is 0 Å². The minimum atomic E-state index is -1.00. The normalized spacial score (nSPS) is 10.4. The van der Waals surface area contributed by atoms with Gasteiger partial charge in [0.25, 0.3) is 5.56 Å². The van der Waals surface area contributed by atoms with Gasteiger partial charge < -0.3 is 5.11 Å². The standard InChI is InChI=1S/C13H11IN2O3/c1-8-11(14)12(17)16(7-15-8)6-9-4-2-3-5-10(9)13(18)19/h2-5,7H,6H2,1H3,(H,18,19). The molecule has 0 unspecified atom stereocenters. The van der Waals surface area contributed by atoms with Crippen LogP contribution < -0.4 is 5.56 Å². The molecule has 0 saturated carbocycles. The third-order valence-electron chi connectivity index (χ3n) is 2.75. The van der Waals surface area contributed by atoms with Crippen LogP contribution >= 0.6 is 22.6 Å². The Labute approximate surface area is 123 Å². The Morgan fingerprint density at radius 1 is 1.42 bits per heavy atom. The number of rotatable bonds is 3. The summed E-state index contributed by atoms with van der Waals surface area (Å²) in [5.41, 5.74) is 1.30. The molecule has 2 aromatic rings. The van der Waals surface area contributed by atoms with Gasteiger partial charge in [0.1, 0.15) is 0 Å². The second-order valence-corrected chi connectivity index (χ2v) is 5.12. The van der Waals surface area contributed by atoms with Gasteiger partial charge >= 0.3 is 5.97 Å². The van der Waals surface area contributed by atoms with Gasteiger partial charge in [-0.3, -0.25) is 9.36 Å². The first kappa shape index (κ1) is 13.7. The van der Waals surface area contributed by atoms with E-state index in [-0.39, 0.29) is 17.7 Å². The van der Waals surface area contributed by atoms with Gasteiger partial charge in [-0.25, -0.2) is 9.78 Å². The number of aryl methyl sites for hydroxylation is 1. The minimum absolute atomic E-state index is 0.159. The second-order valence-electron chi connectivity index (χ2n) is 4.04. The van der Waals surface area contributed by atoms with Crippen LogP contribution in [0.2, 0.25) is 0 Å². The monoisotopic (exact) mass is 370 g/mol. The van der Waals surface area contributed by atoms with Crippen molar-refractivity contribution in [2.45, 2.75) is 13.5 Å². The van der Waals surface area contributed by atoms with Crippen molar-refractivity contribution < 1.29 is 9.90 Å². The topological polar surface area (TPSA) is 72.2 Å². The fourth-order valence-electron chi connectivity index (χ4n) is 1.71. The molecule has 0 bridgehead atoms. The van der Waals surface area contributed by atoms with E-state index >= 15 is 0 Å². The average Bonchev–Trinajstić information content (AvgIpc) is 2.40. The zero-order valence-electron chi connectivity index (χ0n) is 10.1. The zero-order chi connectivity index (χ0) is 14.0. The minimum Gasteiger partial charge on any atom is -0.478 e. The summed E-state index contributed by atoms with van der Waals surface area (Å²) in [6.07, 6.45) is 1.44. The molecular weight excluding hydrogens is 359 g/mol. The van der Waals surface area contributed by atoms with E-state index in [1.807, 2.05) is 22.6 Å². The van der Waals surface area contributed by atoms with Gasteiger partial charge in [0.2, 0.25) is 0 Å². The first-order valence-corrected chi connectivity index (χ1v) is 6.61. The summed E-state index contributed by atoms with van der Waals surface area (Å²) in [4.78, 5) is 27.3. The summed E-state index contributed by atoms with van der Waals surface area (Å²) in [7, 11) is 0. The largest absolute Gasteiger partial charge is 0.478 e. The summed E-state index contributed by atoms with van der Waals surface area (Å²) in [6.45, 7) is 1.96. The van der Waals surface area contributed by atoms with Crippen LogP contribution in [-0.2, 0) is 6.54 Å². The molecule has 0 fully saturated rings. The van der Waals surface area contributed by atoms with E-state index in [1.165, 1.54) is 17.0 Å². The lowest BCUT2D eigenvalue weighted by Crippen LogP contribution is -2.25. The van der Waals surface area contributed by atoms with Crippen LogP contribution in [-0.4, -0.2) is 20.6 Å². The molecule has 1 aromatic heterocycles. The van der Waals surface area contributed by atoms with Crippen LogP contribution in [0.5, 0.6) is 0 Å². The van der Waals surface area contributed by atoms with Gasteiger partial charge in [0.15, 0.2) is 0 Å². The third kappa shape index (κ3) is 2.83. The maximum atomic E-state index is 12.0. The van der Waals surface area contributed by atoms with Crippen LogP contribution in [0.25, 0.3) is 0 Å². The number of nitrogens with zero attached hydrogens (tertiary/aromatic N) is 2. The number of halogens is 1. The highest BCUT2D eigenvalue weighted by molar-refractivity contribution is 14.1. The molecule has 0 aliphatic heterocycles. The van der Waals surface area contributed by atoms with Gasteiger partial charge in [0.05, 0.1) is 27.7 Å². The SMILES string of the molecule is Cc1ncn(Cc2ccccc2C(=O)O)c(=O)c1I. The smallest absolute Gasteiger partial charge is 0.336 e. The Morgan fingerprint density at radius 3 is 2.79 bits per heavy atom. The molecule has 0 aliphatic rings. The molecule has 2 rings (SSSR count). The van der Waals surface area contributed by atoms with E-state index in [4.69, 9.17) is 5.11 Å². The van der Waals surface area contributed by atoms with Crippen molar-refractivity contribution in [3.05, 3.63) is 61.3 Å². The first-order valence-electron chi connectivity index (χ1n) is 5.53. The molecule has 0 spiro atoms. The van der Waals surface area contributed by atoms with Gasteiger partial charge in [-0.2, -0.15) is 0 Å². The molecule has 0 radical (unpaired) electrons. The average molecular weight is 370 g/mol. The molecule has 0 saturated heterocycles. The van der Waals surface area contributed by atoms with Crippen molar-refractivity contribution in [3.8, 4) is 0 Å². The highest BCUT2D eigenvalue weighted by Crippen LogP contribution is 2.10.